The molecule has 0 spiro atoms. The lowest BCUT2D eigenvalue weighted by Gasteiger charge is -2.04. The van der Waals surface area contributed by atoms with Crippen LogP contribution in [-0.4, -0.2) is 32.9 Å². The van der Waals surface area contributed by atoms with Gasteiger partial charge in [0.15, 0.2) is 6.10 Å². The van der Waals surface area contributed by atoms with Crippen LogP contribution >= 0.6 is 10.8 Å². The predicted molar refractivity (Wildman–Crippen MR) is 42.9 cm³/mol. The average Bonchev–Trinajstić information content (AvgIpc) is 2.31. The van der Waals surface area contributed by atoms with Crippen molar-refractivity contribution in [2.75, 3.05) is 12.4 Å². The lowest BCUT2D eigenvalue weighted by molar-refractivity contribution is -0.149. The molecule has 0 bridgehead atoms. The molecular weight excluding hydrogens is 204 g/mol. The molecule has 1 rings (SSSR count). The first-order valence-electron chi connectivity index (χ1n) is 3.29. The second-order valence-electron chi connectivity index (χ2n) is 2.03. The molecule has 1 heterocycles. The highest BCUT2D eigenvalue weighted by molar-refractivity contribution is 8.70. The quantitative estimate of drug-likeness (QED) is 0.471. The summed E-state index contributed by atoms with van der Waals surface area (Å²) < 4.78 is 30.4. The summed E-state index contributed by atoms with van der Waals surface area (Å²) in [5.74, 6) is -0.507. The van der Waals surface area contributed by atoms with Crippen molar-refractivity contribution in [3.05, 3.63) is 0 Å². The minimum atomic E-state index is -3.54. The highest BCUT2D eigenvalue weighted by Crippen LogP contribution is 2.27. The van der Waals surface area contributed by atoms with E-state index < -0.39 is 21.2 Å². The zero-order chi connectivity index (χ0) is 9.19. The van der Waals surface area contributed by atoms with Crippen LogP contribution in [0, 0.1) is 0 Å². The fraction of sp³-hybridized carbons (Fsp3) is 0.800. The molecule has 1 aliphatic rings. The molecule has 0 saturated carbocycles. The van der Waals surface area contributed by atoms with Crippen molar-refractivity contribution < 1.29 is 22.1 Å². The molecule has 70 valence electrons. The van der Waals surface area contributed by atoms with Crippen LogP contribution < -0.4 is 0 Å². The maximum Gasteiger partial charge on any atom is 0.337 e. The van der Waals surface area contributed by atoms with Gasteiger partial charge in [-0.3, -0.25) is 0 Å². The maximum absolute atomic E-state index is 10.9. The minimum Gasteiger partial charge on any atom is -0.464 e. The first-order chi connectivity index (χ1) is 5.55. The van der Waals surface area contributed by atoms with E-state index >= 15 is 0 Å². The average molecular weight is 212 g/mol. The van der Waals surface area contributed by atoms with Crippen molar-refractivity contribution in [3.8, 4) is 0 Å². The summed E-state index contributed by atoms with van der Waals surface area (Å²) in [6.07, 6.45) is -0.958. The highest BCUT2D eigenvalue weighted by atomic mass is 33.2. The summed E-state index contributed by atoms with van der Waals surface area (Å²) in [5, 5.41) is 0. The zero-order valence-electron chi connectivity index (χ0n) is 6.35. The Balaban J connectivity index is 2.53. The molecule has 0 amide bonds. The summed E-state index contributed by atoms with van der Waals surface area (Å²) in [7, 11) is -2.93. The molecule has 0 aromatic carbocycles. The second kappa shape index (κ2) is 3.63. The Labute approximate surface area is 73.9 Å². The number of hydrogen-bond donors (Lipinski definition) is 0. The molecule has 0 aliphatic carbocycles. The predicted octanol–water partition coefficient (Wildman–Crippen LogP) is -0.0737. The number of esters is 1. The van der Waals surface area contributed by atoms with Gasteiger partial charge in [0.05, 0.1) is 6.61 Å². The van der Waals surface area contributed by atoms with Crippen LogP contribution in [0.15, 0.2) is 0 Å². The summed E-state index contributed by atoms with van der Waals surface area (Å²) >= 11 is 0. The Bertz CT molecular complexity index is 270. The van der Waals surface area contributed by atoms with Crippen LogP contribution in [0.25, 0.3) is 0 Å². The molecule has 0 N–H and O–H groups in total. The van der Waals surface area contributed by atoms with E-state index in [1.165, 1.54) is 0 Å². The van der Waals surface area contributed by atoms with E-state index in [-0.39, 0.29) is 12.4 Å². The van der Waals surface area contributed by atoms with E-state index in [4.69, 9.17) is 0 Å². The van der Waals surface area contributed by atoms with Gasteiger partial charge in [0.1, 0.15) is 0 Å². The van der Waals surface area contributed by atoms with Gasteiger partial charge in [0.2, 0.25) is 0 Å². The number of rotatable bonds is 2. The van der Waals surface area contributed by atoms with Crippen molar-refractivity contribution in [3.63, 3.8) is 0 Å². The van der Waals surface area contributed by atoms with E-state index in [2.05, 4.69) is 8.92 Å². The van der Waals surface area contributed by atoms with E-state index in [1.807, 2.05) is 0 Å². The van der Waals surface area contributed by atoms with E-state index in [0.29, 0.717) is 10.8 Å². The highest BCUT2D eigenvalue weighted by Gasteiger charge is 2.35. The largest absolute Gasteiger partial charge is 0.464 e. The van der Waals surface area contributed by atoms with Gasteiger partial charge in [-0.1, -0.05) is 0 Å². The van der Waals surface area contributed by atoms with Crippen LogP contribution in [0.5, 0.6) is 0 Å². The molecule has 0 radical (unpaired) electrons. The lowest BCUT2D eigenvalue weighted by Crippen LogP contribution is -2.25. The van der Waals surface area contributed by atoms with Gasteiger partial charge in [-0.05, 0) is 6.92 Å². The molecule has 0 aromatic rings. The summed E-state index contributed by atoms with van der Waals surface area (Å²) in [5.41, 5.74) is 0. The second-order valence-corrected chi connectivity index (χ2v) is 5.54. The molecule has 7 heteroatoms. The third-order valence-corrected chi connectivity index (χ3v) is 3.85. The Morgan fingerprint density at radius 2 is 2.42 bits per heavy atom. The zero-order valence-corrected chi connectivity index (χ0v) is 7.98. The molecule has 5 nitrogen and oxygen atoms in total. The minimum absolute atomic E-state index is 0.112. The fourth-order valence-electron chi connectivity index (χ4n) is 0.685. The first kappa shape index (κ1) is 9.82. The van der Waals surface area contributed by atoms with E-state index in [0.717, 1.165) is 0 Å². The third kappa shape index (κ3) is 2.36. The van der Waals surface area contributed by atoms with Crippen molar-refractivity contribution >= 4 is 25.9 Å². The van der Waals surface area contributed by atoms with Crippen LogP contribution in [0.4, 0.5) is 0 Å². The van der Waals surface area contributed by atoms with Crippen LogP contribution in [0.1, 0.15) is 6.92 Å². The Morgan fingerprint density at radius 1 is 1.75 bits per heavy atom. The van der Waals surface area contributed by atoms with Gasteiger partial charge >= 0.3 is 15.1 Å². The maximum atomic E-state index is 10.9. The van der Waals surface area contributed by atoms with Crippen LogP contribution in [-0.2, 0) is 22.9 Å². The van der Waals surface area contributed by atoms with Crippen molar-refractivity contribution in [1.29, 1.82) is 0 Å². The smallest absolute Gasteiger partial charge is 0.337 e. The lowest BCUT2D eigenvalue weighted by atomic mass is 10.4. The number of carbonyl (C=O) groups excluding carboxylic acids is 1. The monoisotopic (exact) mass is 212 g/mol. The number of ether oxygens (including phenoxy) is 1. The Kier molecular flexibility index (Phi) is 2.97. The van der Waals surface area contributed by atoms with Gasteiger partial charge < -0.3 is 4.74 Å². The topological polar surface area (TPSA) is 69.7 Å². The molecule has 1 aliphatic heterocycles. The Morgan fingerprint density at radius 3 is 2.83 bits per heavy atom. The third-order valence-electron chi connectivity index (χ3n) is 1.15. The normalized spacial score (nSPS) is 26.9. The van der Waals surface area contributed by atoms with Crippen molar-refractivity contribution in [2.45, 2.75) is 13.0 Å². The van der Waals surface area contributed by atoms with Gasteiger partial charge in [-0.15, -0.1) is 0 Å². The molecule has 12 heavy (non-hydrogen) atoms. The first-order valence-corrected chi connectivity index (χ1v) is 6.20. The molecule has 1 saturated heterocycles. The number of hydrogen-bond acceptors (Lipinski definition) is 6. The fourth-order valence-corrected chi connectivity index (χ4v) is 3.07. The number of carbonyl (C=O) groups is 1. The molecule has 1 fully saturated rings. The molecule has 1 atom stereocenters. The van der Waals surface area contributed by atoms with Gasteiger partial charge in [0.25, 0.3) is 0 Å². The van der Waals surface area contributed by atoms with Crippen LogP contribution in [0.3, 0.4) is 0 Å². The SMILES string of the molecule is CCOC(=O)C1CSS(=O)(=O)O1. The van der Waals surface area contributed by atoms with Crippen molar-refractivity contribution in [1.82, 2.24) is 0 Å². The standard InChI is InChI=1S/C5H8O5S2/c1-2-9-5(6)4-3-11-12(7,8)10-4/h4H,2-3H2,1H3. The molecule has 1 unspecified atom stereocenters. The van der Waals surface area contributed by atoms with Gasteiger partial charge in [-0.25, -0.2) is 8.98 Å². The summed E-state index contributed by atoms with van der Waals surface area (Å²) in [4.78, 5) is 10.9. The summed E-state index contributed by atoms with van der Waals surface area (Å²) in [6, 6.07) is 0. The van der Waals surface area contributed by atoms with Gasteiger partial charge in [0, 0.05) is 16.5 Å². The van der Waals surface area contributed by atoms with E-state index in [1.54, 1.807) is 6.92 Å². The Hall–Kier alpha value is -0.270. The van der Waals surface area contributed by atoms with Gasteiger partial charge in [-0.2, -0.15) is 8.42 Å². The summed E-state index contributed by atoms with van der Waals surface area (Å²) in [6.45, 7) is 1.87. The van der Waals surface area contributed by atoms with Crippen molar-refractivity contribution in [2.24, 2.45) is 0 Å². The van der Waals surface area contributed by atoms with Crippen LogP contribution in [0.2, 0.25) is 0 Å². The van der Waals surface area contributed by atoms with E-state index in [9.17, 15) is 13.2 Å². The molecule has 0 aromatic heterocycles. The molecular formula is C5H8O5S2.